The van der Waals surface area contributed by atoms with Crippen LogP contribution in [-0.4, -0.2) is 28.2 Å². The molecule has 1 aliphatic heterocycles. The zero-order chi connectivity index (χ0) is 16.7. The lowest BCUT2D eigenvalue weighted by Crippen LogP contribution is -2.27. The van der Waals surface area contributed by atoms with Crippen molar-refractivity contribution >= 4 is 0 Å². The van der Waals surface area contributed by atoms with Crippen molar-refractivity contribution in [3.63, 3.8) is 0 Å². The average Bonchev–Trinajstić information content (AvgIpc) is 3.35. The zero-order valence-corrected chi connectivity index (χ0v) is 14.2. The van der Waals surface area contributed by atoms with Crippen LogP contribution in [0.4, 0.5) is 0 Å². The molecule has 0 saturated carbocycles. The van der Waals surface area contributed by atoms with Gasteiger partial charge in [-0.15, -0.1) is 10.2 Å². The van der Waals surface area contributed by atoms with E-state index >= 15 is 0 Å². The van der Waals surface area contributed by atoms with Crippen LogP contribution in [0.1, 0.15) is 23.4 Å². The van der Waals surface area contributed by atoms with E-state index in [1.54, 1.807) is 0 Å². The Bertz CT molecular complexity index is 862. The molecular formula is C21H21N3O. The lowest BCUT2D eigenvalue weighted by atomic mass is 9.84. The van der Waals surface area contributed by atoms with Crippen molar-refractivity contribution in [2.45, 2.75) is 25.8 Å². The lowest BCUT2D eigenvalue weighted by molar-refractivity contribution is 0.242. The number of fused-ring (bicyclic) bond motifs is 1. The minimum atomic E-state index is 0.409. The van der Waals surface area contributed by atoms with E-state index < -0.39 is 0 Å². The molecule has 0 unspecified atom stereocenters. The second-order valence-electron chi connectivity index (χ2n) is 7.45. The van der Waals surface area contributed by atoms with E-state index in [2.05, 4.69) is 39.4 Å². The van der Waals surface area contributed by atoms with Crippen molar-refractivity contribution < 1.29 is 4.42 Å². The molecule has 1 spiro atoms. The van der Waals surface area contributed by atoms with Gasteiger partial charge >= 0.3 is 0 Å². The number of benzene rings is 2. The van der Waals surface area contributed by atoms with Crippen LogP contribution in [0.2, 0.25) is 0 Å². The van der Waals surface area contributed by atoms with Gasteiger partial charge in [0.1, 0.15) is 0 Å². The van der Waals surface area contributed by atoms with Gasteiger partial charge in [-0.05, 0) is 54.5 Å². The Balaban J connectivity index is 1.27. The Morgan fingerprint density at radius 2 is 1.64 bits per heavy atom. The van der Waals surface area contributed by atoms with Gasteiger partial charge in [0.25, 0.3) is 0 Å². The van der Waals surface area contributed by atoms with Gasteiger partial charge in [0.15, 0.2) is 0 Å². The van der Waals surface area contributed by atoms with Gasteiger partial charge in [-0.1, -0.05) is 42.5 Å². The molecule has 1 saturated heterocycles. The van der Waals surface area contributed by atoms with E-state index in [1.807, 2.05) is 30.3 Å². The third-order valence-electron chi connectivity index (χ3n) is 5.61. The molecule has 4 nitrogen and oxygen atoms in total. The summed E-state index contributed by atoms with van der Waals surface area (Å²) in [5.41, 5.74) is 4.46. The maximum atomic E-state index is 5.88. The molecule has 1 fully saturated rings. The highest BCUT2D eigenvalue weighted by molar-refractivity contribution is 5.51. The first-order valence-corrected chi connectivity index (χ1v) is 8.97. The summed E-state index contributed by atoms with van der Waals surface area (Å²) < 4.78 is 5.88. The first-order chi connectivity index (χ1) is 12.3. The van der Waals surface area contributed by atoms with Crippen molar-refractivity contribution in [3.8, 4) is 11.5 Å². The van der Waals surface area contributed by atoms with E-state index in [1.165, 1.54) is 30.4 Å². The Morgan fingerprint density at radius 3 is 2.40 bits per heavy atom. The van der Waals surface area contributed by atoms with E-state index in [0.29, 0.717) is 17.2 Å². The zero-order valence-electron chi connectivity index (χ0n) is 14.2. The first-order valence-electron chi connectivity index (χ1n) is 8.97. The molecule has 25 heavy (non-hydrogen) atoms. The predicted octanol–water partition coefficient (Wildman–Crippen LogP) is 3.73. The van der Waals surface area contributed by atoms with E-state index in [9.17, 15) is 0 Å². The van der Waals surface area contributed by atoms with Gasteiger partial charge in [0, 0.05) is 12.1 Å². The van der Waals surface area contributed by atoms with Crippen LogP contribution in [0.3, 0.4) is 0 Å². The van der Waals surface area contributed by atoms with Gasteiger partial charge in [0.05, 0.1) is 6.54 Å². The fourth-order valence-corrected chi connectivity index (χ4v) is 4.43. The maximum absolute atomic E-state index is 5.88. The molecular weight excluding hydrogens is 310 g/mol. The van der Waals surface area contributed by atoms with Crippen molar-refractivity contribution in [1.82, 2.24) is 15.1 Å². The maximum Gasteiger partial charge on any atom is 0.247 e. The fourth-order valence-electron chi connectivity index (χ4n) is 4.43. The fraction of sp³-hybridized carbons (Fsp3) is 0.333. The number of hydrogen-bond donors (Lipinski definition) is 0. The molecule has 4 heteroatoms. The molecule has 3 aromatic rings. The highest BCUT2D eigenvalue weighted by atomic mass is 16.4. The molecule has 126 valence electrons. The Labute approximate surface area is 147 Å². The quantitative estimate of drug-likeness (QED) is 0.733. The molecule has 5 rings (SSSR count). The second kappa shape index (κ2) is 5.81. The van der Waals surface area contributed by atoms with E-state index in [4.69, 9.17) is 4.42 Å². The number of hydrogen-bond acceptors (Lipinski definition) is 4. The summed E-state index contributed by atoms with van der Waals surface area (Å²) in [6.07, 6.45) is 3.67. The number of nitrogens with zero attached hydrogens (tertiary/aromatic N) is 3. The van der Waals surface area contributed by atoms with Crippen LogP contribution in [0.25, 0.3) is 11.5 Å². The van der Waals surface area contributed by atoms with Crippen LogP contribution >= 0.6 is 0 Å². The van der Waals surface area contributed by atoms with Crippen LogP contribution in [0.5, 0.6) is 0 Å². The van der Waals surface area contributed by atoms with Crippen LogP contribution in [0.15, 0.2) is 59.0 Å². The van der Waals surface area contributed by atoms with Crippen LogP contribution in [0, 0.1) is 5.41 Å². The highest BCUT2D eigenvalue weighted by Gasteiger charge is 2.42. The van der Waals surface area contributed by atoms with Crippen molar-refractivity contribution in [2.24, 2.45) is 5.41 Å². The molecule has 0 N–H and O–H groups in total. The topological polar surface area (TPSA) is 42.2 Å². The molecule has 1 aliphatic carbocycles. The molecule has 0 amide bonds. The summed E-state index contributed by atoms with van der Waals surface area (Å²) in [5.74, 6) is 1.32. The molecule has 2 heterocycles. The summed E-state index contributed by atoms with van der Waals surface area (Å²) in [6.45, 7) is 2.97. The SMILES string of the molecule is c1ccc(-c2nnc(CN3CCC4(Cc5ccccc5C4)C3)o2)cc1. The number of rotatable bonds is 3. The molecule has 0 atom stereocenters. The summed E-state index contributed by atoms with van der Waals surface area (Å²) in [4.78, 5) is 2.47. The van der Waals surface area contributed by atoms with Gasteiger partial charge in [0.2, 0.25) is 11.8 Å². The summed E-state index contributed by atoms with van der Waals surface area (Å²) >= 11 is 0. The standard InChI is InChI=1S/C21H21N3O/c1-2-6-16(7-3-1)20-23-22-19(25-20)14-24-11-10-21(15-24)12-17-8-4-5-9-18(17)13-21/h1-9H,10-15H2. The Hall–Kier alpha value is -2.46. The third-order valence-corrected chi connectivity index (χ3v) is 5.61. The van der Waals surface area contributed by atoms with Crippen molar-refractivity contribution in [3.05, 3.63) is 71.6 Å². The van der Waals surface area contributed by atoms with Crippen molar-refractivity contribution in [1.29, 1.82) is 0 Å². The van der Waals surface area contributed by atoms with Gasteiger partial charge < -0.3 is 4.42 Å². The molecule has 0 bridgehead atoms. The van der Waals surface area contributed by atoms with Gasteiger partial charge in [-0.25, -0.2) is 0 Å². The second-order valence-corrected chi connectivity index (χ2v) is 7.45. The minimum absolute atomic E-state index is 0.409. The predicted molar refractivity (Wildman–Crippen MR) is 95.9 cm³/mol. The highest BCUT2D eigenvalue weighted by Crippen LogP contribution is 2.44. The summed E-state index contributed by atoms with van der Waals surface area (Å²) in [6, 6.07) is 18.9. The average molecular weight is 331 g/mol. The van der Waals surface area contributed by atoms with Gasteiger partial charge in [-0.3, -0.25) is 4.90 Å². The monoisotopic (exact) mass is 331 g/mol. The number of aromatic nitrogens is 2. The van der Waals surface area contributed by atoms with Crippen LogP contribution < -0.4 is 0 Å². The van der Waals surface area contributed by atoms with E-state index in [0.717, 1.165) is 25.2 Å². The number of likely N-dealkylation sites (tertiary alicyclic amines) is 1. The molecule has 2 aliphatic rings. The largest absolute Gasteiger partial charge is 0.419 e. The van der Waals surface area contributed by atoms with Crippen LogP contribution in [-0.2, 0) is 19.4 Å². The lowest BCUT2D eigenvalue weighted by Gasteiger charge is -2.23. The third kappa shape index (κ3) is 2.76. The van der Waals surface area contributed by atoms with Gasteiger partial charge in [-0.2, -0.15) is 0 Å². The summed E-state index contributed by atoms with van der Waals surface area (Å²) in [5, 5.41) is 8.46. The van der Waals surface area contributed by atoms with Crippen molar-refractivity contribution in [2.75, 3.05) is 13.1 Å². The smallest absolute Gasteiger partial charge is 0.247 e. The van der Waals surface area contributed by atoms with E-state index in [-0.39, 0.29) is 0 Å². The molecule has 0 radical (unpaired) electrons. The molecule has 2 aromatic carbocycles. The first kappa shape index (κ1) is 14.8. The minimum Gasteiger partial charge on any atom is -0.419 e. The normalized spacial score (nSPS) is 18.7. The Kier molecular flexibility index (Phi) is 3.45. The Morgan fingerprint density at radius 1 is 0.920 bits per heavy atom. The molecule has 1 aromatic heterocycles. The summed E-state index contributed by atoms with van der Waals surface area (Å²) in [7, 11) is 0.